The summed E-state index contributed by atoms with van der Waals surface area (Å²) < 4.78 is 10.9. The Morgan fingerprint density at radius 3 is 2.56 bits per heavy atom. The van der Waals surface area contributed by atoms with Gasteiger partial charge in [0.25, 0.3) is 5.91 Å². The molecule has 5 rings (SSSR count). The lowest BCUT2D eigenvalue weighted by Gasteiger charge is -2.24. The molecule has 0 spiro atoms. The summed E-state index contributed by atoms with van der Waals surface area (Å²) in [5.41, 5.74) is 4.37. The van der Waals surface area contributed by atoms with Crippen molar-refractivity contribution in [2.24, 2.45) is 0 Å². The number of hydrogen-bond donors (Lipinski definition) is 1. The second-order valence-corrected chi connectivity index (χ2v) is 9.41. The molecule has 0 bridgehead atoms. The van der Waals surface area contributed by atoms with Crippen LogP contribution in [0.15, 0.2) is 66.7 Å². The predicted molar refractivity (Wildman–Crippen MR) is 135 cm³/mol. The predicted octanol–water partition coefficient (Wildman–Crippen LogP) is 5.79. The number of hydrogen-bond acceptors (Lipinski definition) is 5. The van der Waals surface area contributed by atoms with Crippen LogP contribution in [0.2, 0.25) is 0 Å². The van der Waals surface area contributed by atoms with Gasteiger partial charge < -0.3 is 14.8 Å². The Kier molecular flexibility index (Phi) is 6.45. The van der Waals surface area contributed by atoms with Crippen LogP contribution in [-0.2, 0) is 11.2 Å². The van der Waals surface area contributed by atoms with Crippen LogP contribution in [0.3, 0.4) is 0 Å². The third-order valence-corrected chi connectivity index (χ3v) is 7.20. The molecule has 1 N–H and O–H groups in total. The molecule has 2 heterocycles. The van der Waals surface area contributed by atoms with Crippen molar-refractivity contribution in [3.63, 3.8) is 0 Å². The summed E-state index contributed by atoms with van der Waals surface area (Å²) >= 11 is 1.58. The smallest absolute Gasteiger partial charge is 0.255 e. The molecule has 2 aliphatic heterocycles. The van der Waals surface area contributed by atoms with E-state index in [2.05, 4.69) is 12.2 Å². The van der Waals surface area contributed by atoms with Gasteiger partial charge in [-0.1, -0.05) is 37.6 Å². The average Bonchev–Trinajstić information content (AvgIpc) is 3.49. The van der Waals surface area contributed by atoms with Crippen LogP contribution in [0.1, 0.15) is 46.6 Å². The molecule has 34 heavy (non-hydrogen) atoms. The quantitative estimate of drug-likeness (QED) is 0.470. The van der Waals surface area contributed by atoms with Gasteiger partial charge in [0.1, 0.15) is 5.37 Å². The first-order chi connectivity index (χ1) is 16.6. The number of thioether (sulfide) groups is 1. The first-order valence-corrected chi connectivity index (χ1v) is 12.5. The van der Waals surface area contributed by atoms with E-state index in [4.69, 9.17) is 9.47 Å². The molecule has 0 aliphatic carbocycles. The number of amides is 2. The Morgan fingerprint density at radius 2 is 1.79 bits per heavy atom. The van der Waals surface area contributed by atoms with Crippen molar-refractivity contribution >= 4 is 35.0 Å². The molecular weight excluding hydrogens is 448 g/mol. The zero-order valence-electron chi connectivity index (χ0n) is 19.0. The lowest BCUT2D eigenvalue weighted by molar-refractivity contribution is -0.115. The van der Waals surface area contributed by atoms with Crippen molar-refractivity contribution in [3.8, 4) is 11.5 Å². The highest BCUT2D eigenvalue weighted by atomic mass is 32.2. The molecule has 0 aromatic heterocycles. The highest BCUT2D eigenvalue weighted by Gasteiger charge is 2.34. The summed E-state index contributed by atoms with van der Waals surface area (Å²) in [7, 11) is 0. The number of aryl methyl sites for hydroxylation is 1. The van der Waals surface area contributed by atoms with E-state index in [1.165, 1.54) is 5.56 Å². The summed E-state index contributed by atoms with van der Waals surface area (Å²) in [5, 5.41) is 2.82. The molecule has 3 aromatic rings. The topological polar surface area (TPSA) is 67.9 Å². The van der Waals surface area contributed by atoms with Crippen molar-refractivity contribution in [1.82, 2.24) is 0 Å². The number of anilines is 2. The SMILES string of the molecule is CCCCc1ccc(C(=O)Nc2ccc(C3SCC(=O)N3c3ccc4c(c3)OCO4)cc2)cc1. The highest BCUT2D eigenvalue weighted by molar-refractivity contribution is 8.00. The highest BCUT2D eigenvalue weighted by Crippen LogP contribution is 2.44. The number of carbonyl (C=O) groups is 2. The maximum Gasteiger partial charge on any atom is 0.255 e. The summed E-state index contributed by atoms with van der Waals surface area (Å²) in [5.74, 6) is 1.66. The molecule has 7 heteroatoms. The molecule has 3 aromatic carbocycles. The van der Waals surface area contributed by atoms with E-state index in [0.717, 1.165) is 30.5 Å². The van der Waals surface area contributed by atoms with E-state index in [1.807, 2.05) is 66.7 Å². The van der Waals surface area contributed by atoms with Crippen molar-refractivity contribution in [2.45, 2.75) is 31.6 Å². The van der Waals surface area contributed by atoms with Gasteiger partial charge >= 0.3 is 0 Å². The summed E-state index contributed by atoms with van der Waals surface area (Å²) in [6.45, 7) is 2.37. The number of nitrogens with zero attached hydrogens (tertiary/aromatic N) is 1. The fourth-order valence-corrected chi connectivity index (χ4v) is 5.30. The minimum atomic E-state index is -0.145. The van der Waals surface area contributed by atoms with Gasteiger partial charge in [-0.05, 0) is 60.4 Å². The summed E-state index contributed by atoms with van der Waals surface area (Å²) in [6, 6.07) is 21.0. The number of nitrogens with one attached hydrogen (secondary N) is 1. The molecule has 2 aliphatic rings. The molecular formula is C27H26N2O4S. The normalized spacial score (nSPS) is 16.7. The maximum atomic E-state index is 12.7. The number of benzene rings is 3. The van der Waals surface area contributed by atoms with Crippen LogP contribution in [-0.4, -0.2) is 24.4 Å². The van der Waals surface area contributed by atoms with E-state index in [9.17, 15) is 9.59 Å². The molecule has 2 amide bonds. The zero-order valence-corrected chi connectivity index (χ0v) is 19.8. The third kappa shape index (κ3) is 4.61. The molecule has 0 radical (unpaired) electrons. The van der Waals surface area contributed by atoms with Gasteiger partial charge in [0.15, 0.2) is 11.5 Å². The van der Waals surface area contributed by atoms with Gasteiger partial charge in [-0.2, -0.15) is 0 Å². The minimum Gasteiger partial charge on any atom is -0.454 e. The first-order valence-electron chi connectivity index (χ1n) is 11.5. The Hall–Kier alpha value is -3.45. The van der Waals surface area contributed by atoms with E-state index < -0.39 is 0 Å². The van der Waals surface area contributed by atoms with Gasteiger partial charge in [-0.15, -0.1) is 11.8 Å². The van der Waals surface area contributed by atoms with Crippen LogP contribution in [0.4, 0.5) is 11.4 Å². The van der Waals surface area contributed by atoms with Gasteiger partial charge in [0, 0.05) is 23.0 Å². The largest absolute Gasteiger partial charge is 0.454 e. The number of rotatable bonds is 7. The van der Waals surface area contributed by atoms with E-state index >= 15 is 0 Å². The fourth-order valence-electron chi connectivity index (χ4n) is 4.12. The summed E-state index contributed by atoms with van der Waals surface area (Å²) in [6.07, 6.45) is 3.33. The zero-order chi connectivity index (χ0) is 23.5. The van der Waals surface area contributed by atoms with Crippen LogP contribution in [0, 0.1) is 0 Å². The number of fused-ring (bicyclic) bond motifs is 1. The van der Waals surface area contributed by atoms with Crippen molar-refractivity contribution in [1.29, 1.82) is 0 Å². The van der Waals surface area contributed by atoms with Crippen molar-refractivity contribution < 1.29 is 19.1 Å². The second kappa shape index (κ2) is 9.81. The first kappa shape index (κ1) is 22.3. The van der Waals surface area contributed by atoms with Gasteiger partial charge in [0.05, 0.1) is 5.75 Å². The molecule has 1 fully saturated rings. The number of ether oxygens (including phenoxy) is 2. The number of carbonyl (C=O) groups excluding carboxylic acids is 2. The molecule has 1 unspecified atom stereocenters. The van der Waals surface area contributed by atoms with Crippen LogP contribution in [0.25, 0.3) is 0 Å². The molecule has 1 saturated heterocycles. The Morgan fingerprint density at radius 1 is 1.03 bits per heavy atom. The lowest BCUT2D eigenvalue weighted by Crippen LogP contribution is -2.27. The van der Waals surface area contributed by atoms with E-state index in [1.54, 1.807) is 16.7 Å². The van der Waals surface area contributed by atoms with Gasteiger partial charge in [-0.25, -0.2) is 0 Å². The van der Waals surface area contributed by atoms with E-state index in [-0.39, 0.29) is 24.0 Å². The molecule has 6 nitrogen and oxygen atoms in total. The monoisotopic (exact) mass is 474 g/mol. The van der Waals surface area contributed by atoms with Crippen molar-refractivity contribution in [3.05, 3.63) is 83.4 Å². The average molecular weight is 475 g/mol. The Labute approximate surface area is 203 Å². The number of unbranched alkanes of at least 4 members (excludes halogenated alkanes) is 1. The standard InChI is InChI=1S/C27H26N2O4S/c1-2-3-4-18-5-7-19(8-6-18)26(31)28-21-11-9-20(10-12-21)27-29(25(30)16-34-27)22-13-14-23-24(15-22)33-17-32-23/h5-15,27H,2-4,16-17H2,1H3,(H,28,31). The molecule has 1 atom stereocenters. The lowest BCUT2D eigenvalue weighted by atomic mass is 10.1. The van der Waals surface area contributed by atoms with Crippen molar-refractivity contribution in [2.75, 3.05) is 22.8 Å². The van der Waals surface area contributed by atoms with Gasteiger partial charge in [0.2, 0.25) is 12.7 Å². The second-order valence-electron chi connectivity index (χ2n) is 8.34. The van der Waals surface area contributed by atoms with Crippen LogP contribution in [0.5, 0.6) is 11.5 Å². The maximum absolute atomic E-state index is 12.7. The van der Waals surface area contributed by atoms with E-state index in [0.29, 0.717) is 28.5 Å². The minimum absolute atomic E-state index is 0.0497. The molecule has 0 saturated carbocycles. The fraction of sp³-hybridized carbons (Fsp3) is 0.259. The third-order valence-electron chi connectivity index (χ3n) is 5.99. The summed E-state index contributed by atoms with van der Waals surface area (Å²) in [4.78, 5) is 27.1. The molecule has 174 valence electrons. The van der Waals surface area contributed by atoms with Crippen LogP contribution < -0.4 is 19.7 Å². The van der Waals surface area contributed by atoms with Crippen LogP contribution >= 0.6 is 11.8 Å². The Balaban J connectivity index is 1.27. The van der Waals surface area contributed by atoms with Gasteiger partial charge in [-0.3, -0.25) is 14.5 Å². The Bertz CT molecular complexity index is 1190.